The first-order valence-electron chi connectivity index (χ1n) is 4.98. The lowest BCUT2D eigenvalue weighted by Crippen LogP contribution is -2.27. The van der Waals surface area contributed by atoms with E-state index in [-0.39, 0.29) is 17.2 Å². The third kappa shape index (κ3) is 2.53. The molecule has 0 spiro atoms. The minimum Gasteiger partial charge on any atom is -0.395 e. The van der Waals surface area contributed by atoms with Crippen molar-refractivity contribution in [2.45, 2.75) is 32.1 Å². The normalized spacial score (nSPS) is 12.9. The minimum atomic E-state index is -3.01. The summed E-state index contributed by atoms with van der Waals surface area (Å²) in [5.41, 5.74) is -0.551. The van der Waals surface area contributed by atoms with Crippen LogP contribution < -0.4 is 0 Å². The lowest BCUT2D eigenvalue weighted by Gasteiger charge is -2.28. The van der Waals surface area contributed by atoms with E-state index in [0.29, 0.717) is 5.56 Å². The summed E-state index contributed by atoms with van der Waals surface area (Å²) in [6, 6.07) is 4.63. The quantitative estimate of drug-likeness (QED) is 0.864. The van der Waals surface area contributed by atoms with E-state index < -0.39 is 11.3 Å². The molecule has 90 valence electrons. The van der Waals surface area contributed by atoms with Gasteiger partial charge in [0.1, 0.15) is 0 Å². The minimum absolute atomic E-state index is 0.0338. The highest BCUT2D eigenvalue weighted by Gasteiger charge is 2.35. The van der Waals surface area contributed by atoms with Gasteiger partial charge in [0, 0.05) is 17.9 Å². The zero-order valence-electron chi connectivity index (χ0n) is 9.52. The Morgan fingerprint density at radius 2 is 1.81 bits per heavy atom. The molecule has 0 radical (unpaired) electrons. The van der Waals surface area contributed by atoms with Gasteiger partial charge in [0.2, 0.25) is 0 Å². The first-order chi connectivity index (χ1) is 7.20. The topological polar surface area (TPSA) is 20.2 Å². The number of benzene rings is 1. The number of hydrogen-bond acceptors (Lipinski definition) is 1. The molecule has 0 aliphatic rings. The lowest BCUT2D eigenvalue weighted by atomic mass is 9.81. The van der Waals surface area contributed by atoms with Crippen molar-refractivity contribution in [2.24, 2.45) is 0 Å². The van der Waals surface area contributed by atoms with Gasteiger partial charge in [-0.3, -0.25) is 0 Å². The maximum atomic E-state index is 13.5. The fourth-order valence-corrected chi connectivity index (χ4v) is 1.96. The Bertz CT molecular complexity index is 383. The molecule has 0 saturated heterocycles. The molecule has 0 fully saturated rings. The van der Waals surface area contributed by atoms with Gasteiger partial charge in [-0.1, -0.05) is 37.6 Å². The van der Waals surface area contributed by atoms with Crippen LogP contribution in [0.3, 0.4) is 0 Å². The van der Waals surface area contributed by atoms with Crippen LogP contribution in [0.4, 0.5) is 8.78 Å². The highest BCUT2D eigenvalue weighted by atomic mass is 35.5. The van der Waals surface area contributed by atoms with Crippen LogP contribution in [0.25, 0.3) is 0 Å². The van der Waals surface area contributed by atoms with E-state index in [0.717, 1.165) is 6.92 Å². The molecule has 0 aliphatic carbocycles. The zero-order chi connectivity index (χ0) is 12.6. The van der Waals surface area contributed by atoms with Crippen LogP contribution in [-0.4, -0.2) is 11.7 Å². The first-order valence-corrected chi connectivity index (χ1v) is 5.36. The molecule has 0 atom stereocenters. The SMILES string of the molecule is CC(F)(F)c1c(Cl)cccc1C(C)(C)CO. The Morgan fingerprint density at radius 1 is 1.25 bits per heavy atom. The Balaban J connectivity index is 3.47. The third-order valence-electron chi connectivity index (χ3n) is 2.58. The second kappa shape index (κ2) is 4.30. The van der Waals surface area contributed by atoms with E-state index in [4.69, 9.17) is 11.6 Å². The highest BCUT2D eigenvalue weighted by Crippen LogP contribution is 2.40. The van der Waals surface area contributed by atoms with Crippen LogP contribution in [0.1, 0.15) is 31.9 Å². The van der Waals surface area contributed by atoms with Crippen molar-refractivity contribution < 1.29 is 13.9 Å². The molecule has 4 heteroatoms. The first kappa shape index (κ1) is 13.4. The average Bonchev–Trinajstić information content (AvgIpc) is 2.15. The predicted octanol–water partition coefficient (Wildman–Crippen LogP) is 3.72. The maximum absolute atomic E-state index is 13.5. The molecule has 0 aromatic heterocycles. The number of aliphatic hydroxyl groups is 1. The van der Waals surface area contributed by atoms with Crippen LogP contribution in [0.2, 0.25) is 5.02 Å². The third-order valence-corrected chi connectivity index (χ3v) is 2.89. The fourth-order valence-electron chi connectivity index (χ4n) is 1.62. The number of hydrogen-bond donors (Lipinski definition) is 1. The largest absolute Gasteiger partial charge is 0.395 e. The highest BCUT2D eigenvalue weighted by molar-refractivity contribution is 6.31. The van der Waals surface area contributed by atoms with Gasteiger partial charge in [-0.15, -0.1) is 0 Å². The van der Waals surface area contributed by atoms with E-state index in [2.05, 4.69) is 0 Å². The molecule has 0 aliphatic heterocycles. The average molecular weight is 249 g/mol. The van der Waals surface area contributed by atoms with Crippen LogP contribution in [0.5, 0.6) is 0 Å². The fraction of sp³-hybridized carbons (Fsp3) is 0.500. The lowest BCUT2D eigenvalue weighted by molar-refractivity contribution is 0.0151. The van der Waals surface area contributed by atoms with Crippen molar-refractivity contribution in [3.63, 3.8) is 0 Å². The summed E-state index contributed by atoms with van der Waals surface area (Å²) in [5, 5.41) is 9.27. The molecule has 16 heavy (non-hydrogen) atoms. The van der Waals surface area contributed by atoms with Gasteiger partial charge in [0.05, 0.1) is 11.6 Å². The van der Waals surface area contributed by atoms with E-state index >= 15 is 0 Å². The van der Waals surface area contributed by atoms with Crippen molar-refractivity contribution in [3.8, 4) is 0 Å². The van der Waals surface area contributed by atoms with E-state index in [1.807, 2.05) is 0 Å². The summed E-state index contributed by atoms with van der Waals surface area (Å²) in [5.74, 6) is -3.01. The second-order valence-corrected chi connectivity index (χ2v) is 5.00. The zero-order valence-corrected chi connectivity index (χ0v) is 10.3. The Kier molecular flexibility index (Phi) is 3.60. The van der Waals surface area contributed by atoms with Crippen LogP contribution in [-0.2, 0) is 11.3 Å². The molecule has 0 unspecified atom stereocenters. The molecule has 1 aromatic rings. The van der Waals surface area contributed by atoms with E-state index in [1.54, 1.807) is 26.0 Å². The Hall–Kier alpha value is -0.670. The van der Waals surface area contributed by atoms with Gasteiger partial charge in [-0.2, -0.15) is 0 Å². The monoisotopic (exact) mass is 248 g/mol. The van der Waals surface area contributed by atoms with Crippen molar-refractivity contribution >= 4 is 11.6 Å². The Morgan fingerprint density at radius 3 is 2.25 bits per heavy atom. The molecule has 0 bridgehead atoms. The standard InChI is InChI=1S/C12H15ClF2O/c1-11(2,7-16)8-5-4-6-9(13)10(8)12(3,14)15/h4-6,16H,7H2,1-3H3. The molecule has 0 amide bonds. The van der Waals surface area contributed by atoms with Crippen LogP contribution in [0.15, 0.2) is 18.2 Å². The molecule has 1 nitrogen and oxygen atoms in total. The molecule has 1 aromatic carbocycles. The summed E-state index contributed by atoms with van der Waals surface area (Å²) in [6.07, 6.45) is 0. The molecular weight excluding hydrogens is 234 g/mol. The molecule has 0 saturated carbocycles. The van der Waals surface area contributed by atoms with E-state index in [1.165, 1.54) is 6.07 Å². The van der Waals surface area contributed by atoms with Gasteiger partial charge >= 0.3 is 0 Å². The van der Waals surface area contributed by atoms with Gasteiger partial charge in [0.25, 0.3) is 5.92 Å². The molecule has 1 N–H and O–H groups in total. The van der Waals surface area contributed by atoms with Gasteiger partial charge in [0.15, 0.2) is 0 Å². The second-order valence-electron chi connectivity index (χ2n) is 4.59. The molecule has 0 heterocycles. The van der Waals surface area contributed by atoms with Crippen molar-refractivity contribution in [3.05, 3.63) is 34.3 Å². The number of halogens is 3. The number of alkyl halides is 2. The number of aliphatic hydroxyl groups excluding tert-OH is 1. The smallest absolute Gasteiger partial charge is 0.272 e. The summed E-state index contributed by atoms with van der Waals surface area (Å²) >= 11 is 5.82. The summed E-state index contributed by atoms with van der Waals surface area (Å²) in [7, 11) is 0. The van der Waals surface area contributed by atoms with Crippen molar-refractivity contribution in [1.82, 2.24) is 0 Å². The molecule has 1 rings (SSSR count). The van der Waals surface area contributed by atoms with Crippen molar-refractivity contribution in [1.29, 1.82) is 0 Å². The summed E-state index contributed by atoms with van der Waals surface area (Å²) in [6.45, 7) is 4.00. The van der Waals surface area contributed by atoms with E-state index in [9.17, 15) is 13.9 Å². The maximum Gasteiger partial charge on any atom is 0.272 e. The number of rotatable bonds is 3. The van der Waals surface area contributed by atoms with Crippen LogP contribution in [0, 0.1) is 0 Å². The Labute approximate surface area is 99.0 Å². The van der Waals surface area contributed by atoms with Crippen LogP contribution >= 0.6 is 11.6 Å². The van der Waals surface area contributed by atoms with Gasteiger partial charge in [-0.25, -0.2) is 8.78 Å². The summed E-state index contributed by atoms with van der Waals surface area (Å²) < 4.78 is 27.0. The van der Waals surface area contributed by atoms with Gasteiger partial charge < -0.3 is 5.11 Å². The van der Waals surface area contributed by atoms with Crippen molar-refractivity contribution in [2.75, 3.05) is 6.61 Å². The molecular formula is C12H15ClF2O. The predicted molar refractivity (Wildman–Crippen MR) is 61.1 cm³/mol. The van der Waals surface area contributed by atoms with Gasteiger partial charge in [-0.05, 0) is 11.6 Å². The summed E-state index contributed by atoms with van der Waals surface area (Å²) in [4.78, 5) is 0.